The number of benzene rings is 2. The molecule has 0 spiro atoms. The van der Waals surface area contributed by atoms with Crippen molar-refractivity contribution in [2.45, 2.75) is 32.2 Å². The Morgan fingerprint density at radius 1 is 1.21 bits per heavy atom. The maximum atomic E-state index is 12.9. The molecular weight excluding hydrogens is 329 g/mol. The van der Waals surface area contributed by atoms with Crippen LogP contribution in [0.2, 0.25) is 5.02 Å². The summed E-state index contributed by atoms with van der Waals surface area (Å²) in [6.07, 6.45) is 0.739. The van der Waals surface area contributed by atoms with E-state index >= 15 is 0 Å². The van der Waals surface area contributed by atoms with Crippen molar-refractivity contribution in [3.63, 3.8) is 0 Å². The third kappa shape index (κ3) is 4.00. The van der Waals surface area contributed by atoms with E-state index in [9.17, 15) is 4.39 Å². The van der Waals surface area contributed by atoms with Crippen molar-refractivity contribution < 1.29 is 13.9 Å². The van der Waals surface area contributed by atoms with Crippen LogP contribution in [-0.4, -0.2) is 19.2 Å². The van der Waals surface area contributed by atoms with Crippen LogP contribution in [0.3, 0.4) is 0 Å². The zero-order valence-corrected chi connectivity index (χ0v) is 14.4. The van der Waals surface area contributed by atoms with Gasteiger partial charge in [-0.15, -0.1) is 0 Å². The highest BCUT2D eigenvalue weighted by Crippen LogP contribution is 2.35. The van der Waals surface area contributed by atoms with Gasteiger partial charge in [-0.1, -0.05) is 36.7 Å². The number of hydrogen-bond donors (Lipinski definition) is 1. The van der Waals surface area contributed by atoms with E-state index in [0.717, 1.165) is 25.1 Å². The minimum Gasteiger partial charge on any atom is -0.484 e. The molecular formula is C19H21ClFNO2. The molecule has 5 heteroatoms. The van der Waals surface area contributed by atoms with E-state index in [0.29, 0.717) is 22.1 Å². The van der Waals surface area contributed by atoms with Gasteiger partial charge in [0.1, 0.15) is 18.9 Å². The fourth-order valence-electron chi connectivity index (χ4n) is 2.61. The lowest BCUT2D eigenvalue weighted by molar-refractivity contribution is 0.126. The minimum atomic E-state index is -0.478. The van der Waals surface area contributed by atoms with Crippen LogP contribution in [0.1, 0.15) is 30.6 Å². The summed E-state index contributed by atoms with van der Waals surface area (Å²) in [5.41, 5.74) is 1.61. The van der Waals surface area contributed by atoms with Gasteiger partial charge < -0.3 is 14.8 Å². The molecule has 1 fully saturated rings. The van der Waals surface area contributed by atoms with Crippen LogP contribution in [-0.2, 0) is 6.67 Å². The summed E-state index contributed by atoms with van der Waals surface area (Å²) in [6.45, 7) is 3.21. The van der Waals surface area contributed by atoms with E-state index in [1.807, 2.05) is 31.2 Å². The Morgan fingerprint density at radius 3 is 2.71 bits per heavy atom. The van der Waals surface area contributed by atoms with Crippen molar-refractivity contribution in [3.05, 3.63) is 58.6 Å². The van der Waals surface area contributed by atoms with Crippen molar-refractivity contribution in [1.29, 1.82) is 0 Å². The maximum absolute atomic E-state index is 12.9. The molecule has 1 heterocycles. The van der Waals surface area contributed by atoms with Gasteiger partial charge >= 0.3 is 0 Å². The smallest absolute Gasteiger partial charge is 0.163 e. The molecule has 1 saturated heterocycles. The van der Waals surface area contributed by atoms with E-state index in [4.69, 9.17) is 21.1 Å². The van der Waals surface area contributed by atoms with E-state index in [-0.39, 0.29) is 12.2 Å². The molecule has 1 unspecified atom stereocenters. The summed E-state index contributed by atoms with van der Waals surface area (Å²) in [5.74, 6) is 1.30. The predicted molar refractivity (Wildman–Crippen MR) is 93.7 cm³/mol. The highest BCUT2D eigenvalue weighted by Gasteiger charge is 2.22. The molecule has 1 aliphatic rings. The summed E-state index contributed by atoms with van der Waals surface area (Å²) >= 11 is 6.10. The molecule has 1 N–H and O–H groups in total. The van der Waals surface area contributed by atoms with Gasteiger partial charge in [-0.2, -0.15) is 0 Å². The number of hydrogen-bond acceptors (Lipinski definition) is 3. The Morgan fingerprint density at radius 2 is 2.04 bits per heavy atom. The average molecular weight is 350 g/mol. The molecule has 24 heavy (non-hydrogen) atoms. The Labute approximate surface area is 146 Å². The highest BCUT2D eigenvalue weighted by atomic mass is 35.5. The van der Waals surface area contributed by atoms with Crippen LogP contribution in [0.4, 0.5) is 4.39 Å². The first-order valence-corrected chi connectivity index (χ1v) is 8.55. The van der Waals surface area contributed by atoms with Gasteiger partial charge in [-0.25, -0.2) is 4.39 Å². The number of nitrogens with one attached hydrogen (secondary N) is 1. The highest BCUT2D eigenvalue weighted by molar-refractivity contribution is 6.30. The third-order valence-corrected chi connectivity index (χ3v) is 4.30. The van der Waals surface area contributed by atoms with Crippen molar-refractivity contribution in [3.8, 4) is 11.5 Å². The quantitative estimate of drug-likeness (QED) is 0.786. The molecule has 3 rings (SSSR count). The topological polar surface area (TPSA) is 30.5 Å². The lowest BCUT2D eigenvalue weighted by Crippen LogP contribution is -2.50. The lowest BCUT2D eigenvalue weighted by Gasteiger charge is -2.29. The van der Waals surface area contributed by atoms with Crippen LogP contribution in [0, 0.1) is 0 Å². The number of halogens is 2. The first-order chi connectivity index (χ1) is 11.7. The molecule has 2 aromatic carbocycles. The fraction of sp³-hybridized carbons (Fsp3) is 0.368. The molecule has 0 radical (unpaired) electrons. The summed E-state index contributed by atoms with van der Waals surface area (Å²) < 4.78 is 25.1. The normalized spacial score (nSPS) is 15.6. The van der Waals surface area contributed by atoms with Gasteiger partial charge in [0.2, 0.25) is 0 Å². The Hall–Kier alpha value is -1.78. The fourth-order valence-corrected chi connectivity index (χ4v) is 2.78. The summed E-state index contributed by atoms with van der Waals surface area (Å²) in [6, 6.07) is 12.8. The monoisotopic (exact) mass is 349 g/mol. The van der Waals surface area contributed by atoms with Gasteiger partial charge in [0, 0.05) is 24.2 Å². The van der Waals surface area contributed by atoms with Crippen molar-refractivity contribution in [1.82, 2.24) is 5.32 Å². The molecule has 0 amide bonds. The van der Waals surface area contributed by atoms with E-state index in [2.05, 4.69) is 5.32 Å². The minimum absolute atomic E-state index is 0.140. The molecule has 1 aliphatic heterocycles. The Bertz CT molecular complexity index is 691. The lowest BCUT2D eigenvalue weighted by atomic mass is 10.0. The second kappa shape index (κ2) is 7.86. The molecule has 0 aromatic heterocycles. The Balaban J connectivity index is 1.81. The van der Waals surface area contributed by atoms with Gasteiger partial charge in [-0.3, -0.25) is 0 Å². The largest absolute Gasteiger partial charge is 0.484 e. The zero-order valence-electron chi connectivity index (χ0n) is 13.6. The average Bonchev–Trinajstić information content (AvgIpc) is 2.57. The van der Waals surface area contributed by atoms with Crippen molar-refractivity contribution >= 4 is 11.6 Å². The Kier molecular flexibility index (Phi) is 5.59. The van der Waals surface area contributed by atoms with Crippen LogP contribution in [0.5, 0.6) is 11.5 Å². The van der Waals surface area contributed by atoms with Gasteiger partial charge in [0.05, 0.1) is 0 Å². The SMILES string of the molecule is CCC(Oc1ccc(Cl)cc1OC1CNC1)c1cccc(CF)c1. The molecule has 1 atom stereocenters. The molecule has 2 aromatic rings. The molecule has 0 bridgehead atoms. The first-order valence-electron chi connectivity index (χ1n) is 8.18. The van der Waals surface area contributed by atoms with E-state index < -0.39 is 6.67 Å². The van der Waals surface area contributed by atoms with E-state index in [1.165, 1.54) is 0 Å². The molecule has 0 aliphatic carbocycles. The van der Waals surface area contributed by atoms with Gasteiger partial charge in [0.25, 0.3) is 0 Å². The predicted octanol–water partition coefficient (Wildman–Crippen LogP) is 4.69. The van der Waals surface area contributed by atoms with Crippen LogP contribution in [0.25, 0.3) is 0 Å². The summed E-state index contributed by atoms with van der Waals surface area (Å²) in [5, 5.41) is 3.78. The van der Waals surface area contributed by atoms with E-state index in [1.54, 1.807) is 18.2 Å². The van der Waals surface area contributed by atoms with Crippen molar-refractivity contribution in [2.24, 2.45) is 0 Å². The maximum Gasteiger partial charge on any atom is 0.163 e. The number of rotatable bonds is 7. The number of alkyl halides is 1. The summed E-state index contributed by atoms with van der Waals surface area (Å²) in [7, 11) is 0. The van der Waals surface area contributed by atoms with Crippen molar-refractivity contribution in [2.75, 3.05) is 13.1 Å². The standard InChI is InChI=1S/C19H21ClFNO2/c1-2-17(14-5-3-4-13(8-14)10-21)24-18-7-6-15(20)9-19(18)23-16-11-22-12-16/h3-9,16-17,22H,2,10-12H2,1H3. The third-order valence-electron chi connectivity index (χ3n) is 4.06. The second-order valence-corrected chi connectivity index (χ2v) is 6.32. The molecule has 3 nitrogen and oxygen atoms in total. The van der Waals surface area contributed by atoms with Crippen LogP contribution < -0.4 is 14.8 Å². The van der Waals surface area contributed by atoms with Crippen LogP contribution >= 0.6 is 11.6 Å². The first kappa shape index (κ1) is 17.1. The van der Waals surface area contributed by atoms with Gasteiger partial charge in [0.15, 0.2) is 11.5 Å². The second-order valence-electron chi connectivity index (χ2n) is 5.88. The van der Waals surface area contributed by atoms with Gasteiger partial charge in [-0.05, 0) is 35.7 Å². The molecule has 128 valence electrons. The zero-order chi connectivity index (χ0) is 16.9. The summed E-state index contributed by atoms with van der Waals surface area (Å²) in [4.78, 5) is 0. The molecule has 0 saturated carbocycles. The number of ether oxygens (including phenoxy) is 2. The van der Waals surface area contributed by atoms with Crippen LogP contribution in [0.15, 0.2) is 42.5 Å².